The fourth-order valence-corrected chi connectivity index (χ4v) is 3.94. The maximum atomic E-state index is 11.7. The summed E-state index contributed by atoms with van der Waals surface area (Å²) in [7, 11) is 1.78. The lowest BCUT2D eigenvalue weighted by Crippen LogP contribution is -2.47. The van der Waals surface area contributed by atoms with E-state index < -0.39 is 0 Å². The largest absolute Gasteiger partial charge is 0.441 e. The summed E-state index contributed by atoms with van der Waals surface area (Å²) in [5, 5.41) is 0.593. The highest BCUT2D eigenvalue weighted by Gasteiger charge is 2.45. The van der Waals surface area contributed by atoms with Gasteiger partial charge in [-0.2, -0.15) is 0 Å². The maximum Gasteiger partial charge on any atom is 0.410 e. The molecule has 0 aliphatic carbocycles. The first-order valence-electron chi connectivity index (χ1n) is 8.74. The molecule has 7 heteroatoms. The number of pyridine rings is 2. The van der Waals surface area contributed by atoms with Crippen LogP contribution in [0.5, 0.6) is 0 Å². The highest BCUT2D eigenvalue weighted by molar-refractivity contribution is 6.33. The van der Waals surface area contributed by atoms with Gasteiger partial charge in [-0.25, -0.2) is 9.78 Å². The van der Waals surface area contributed by atoms with Gasteiger partial charge in [0, 0.05) is 50.9 Å². The number of carbonyl (C=O) groups excluding carboxylic acids is 1. The lowest BCUT2D eigenvalue weighted by molar-refractivity contribution is 0.0366. The van der Waals surface area contributed by atoms with Crippen LogP contribution in [0, 0.1) is 6.92 Å². The molecule has 6 nitrogen and oxygen atoms in total. The van der Waals surface area contributed by atoms with Gasteiger partial charge in [0.05, 0.1) is 17.3 Å². The number of ether oxygens (including phenoxy) is 1. The zero-order chi connectivity index (χ0) is 18.3. The summed E-state index contributed by atoms with van der Waals surface area (Å²) in [6.07, 6.45) is 4.83. The zero-order valence-corrected chi connectivity index (χ0v) is 15.7. The molecule has 2 aliphatic heterocycles. The highest BCUT2D eigenvalue weighted by Crippen LogP contribution is 2.36. The highest BCUT2D eigenvalue weighted by atomic mass is 35.5. The summed E-state index contributed by atoms with van der Waals surface area (Å²) < 4.78 is 5.62. The van der Waals surface area contributed by atoms with Gasteiger partial charge in [-0.3, -0.25) is 4.98 Å². The van der Waals surface area contributed by atoms with Crippen molar-refractivity contribution in [1.82, 2.24) is 14.9 Å². The molecule has 0 N–H and O–H groups in total. The number of likely N-dealkylation sites (N-methyl/N-ethyl adjacent to an activating group) is 1. The van der Waals surface area contributed by atoms with E-state index in [2.05, 4.69) is 14.9 Å². The predicted molar refractivity (Wildman–Crippen MR) is 101 cm³/mol. The van der Waals surface area contributed by atoms with E-state index in [1.165, 1.54) is 0 Å². The Hall–Kier alpha value is -2.34. The molecule has 136 valence electrons. The van der Waals surface area contributed by atoms with Crippen molar-refractivity contribution in [2.75, 3.05) is 31.6 Å². The van der Waals surface area contributed by atoms with Gasteiger partial charge in [-0.05, 0) is 24.6 Å². The molecule has 0 unspecified atom stereocenters. The minimum absolute atomic E-state index is 0.226. The topological polar surface area (TPSA) is 58.6 Å². The van der Waals surface area contributed by atoms with Gasteiger partial charge in [-0.15, -0.1) is 0 Å². The molecule has 26 heavy (non-hydrogen) atoms. The zero-order valence-electron chi connectivity index (χ0n) is 14.9. The molecule has 0 saturated carbocycles. The Balaban J connectivity index is 1.56. The van der Waals surface area contributed by atoms with Crippen LogP contribution in [0.15, 0.2) is 30.6 Å². The number of hydrogen-bond acceptors (Lipinski definition) is 5. The monoisotopic (exact) mass is 372 g/mol. The fourth-order valence-electron chi connectivity index (χ4n) is 3.75. The number of rotatable bonds is 2. The Bertz CT molecular complexity index is 849. The van der Waals surface area contributed by atoms with Crippen LogP contribution in [0.2, 0.25) is 5.02 Å². The number of carbonyl (C=O) groups is 1. The van der Waals surface area contributed by atoms with E-state index in [1.807, 2.05) is 25.1 Å². The van der Waals surface area contributed by atoms with Crippen molar-refractivity contribution in [2.24, 2.45) is 0 Å². The number of halogens is 1. The standard InChI is InChI=1S/C19H21ClN4O2/c1-13-4-3-7-21-17(13)14-10-16(22-11-15(14)20)24-8-5-19(6-9-24)12-23(2)18(25)26-19/h3-4,7,10-11H,5-6,8-9,12H2,1-2H3. The molecule has 0 bridgehead atoms. The average molecular weight is 373 g/mol. The van der Waals surface area contributed by atoms with E-state index in [0.29, 0.717) is 11.6 Å². The number of piperidine rings is 1. The van der Waals surface area contributed by atoms with Crippen LogP contribution in [0.1, 0.15) is 18.4 Å². The van der Waals surface area contributed by atoms with Crippen molar-refractivity contribution < 1.29 is 9.53 Å². The number of nitrogens with zero attached hydrogens (tertiary/aromatic N) is 4. The van der Waals surface area contributed by atoms with Crippen molar-refractivity contribution in [3.63, 3.8) is 0 Å². The molecular weight excluding hydrogens is 352 g/mol. The smallest absolute Gasteiger partial charge is 0.410 e. The van der Waals surface area contributed by atoms with E-state index in [0.717, 1.165) is 48.6 Å². The van der Waals surface area contributed by atoms with Crippen molar-refractivity contribution in [2.45, 2.75) is 25.4 Å². The number of aryl methyl sites for hydroxylation is 1. The molecule has 1 amide bonds. The molecule has 2 aromatic heterocycles. The van der Waals surface area contributed by atoms with Gasteiger partial charge in [0.2, 0.25) is 0 Å². The second kappa shape index (κ2) is 6.43. The van der Waals surface area contributed by atoms with E-state index in [-0.39, 0.29) is 11.7 Å². The molecule has 0 aromatic carbocycles. The minimum atomic E-state index is -0.352. The van der Waals surface area contributed by atoms with Crippen LogP contribution in [-0.2, 0) is 4.74 Å². The molecule has 1 spiro atoms. The SMILES string of the molecule is Cc1cccnc1-c1cc(N2CCC3(CC2)CN(C)C(=O)O3)ncc1Cl. The minimum Gasteiger partial charge on any atom is -0.441 e. The van der Waals surface area contributed by atoms with Crippen molar-refractivity contribution in [3.8, 4) is 11.3 Å². The summed E-state index contributed by atoms with van der Waals surface area (Å²) in [5.41, 5.74) is 2.49. The maximum absolute atomic E-state index is 11.7. The van der Waals surface area contributed by atoms with Crippen LogP contribution in [-0.4, -0.2) is 53.2 Å². The van der Waals surface area contributed by atoms with Crippen LogP contribution >= 0.6 is 11.6 Å². The molecule has 0 radical (unpaired) electrons. The quantitative estimate of drug-likeness (QED) is 0.807. The summed E-state index contributed by atoms with van der Waals surface area (Å²) in [5.74, 6) is 0.877. The van der Waals surface area contributed by atoms with Gasteiger partial charge in [0.1, 0.15) is 11.4 Å². The van der Waals surface area contributed by atoms with E-state index in [4.69, 9.17) is 16.3 Å². The van der Waals surface area contributed by atoms with Crippen LogP contribution in [0.3, 0.4) is 0 Å². The average Bonchev–Trinajstić information content (AvgIpc) is 2.90. The van der Waals surface area contributed by atoms with Gasteiger partial charge in [-0.1, -0.05) is 17.7 Å². The Morgan fingerprint density at radius 3 is 2.69 bits per heavy atom. The van der Waals surface area contributed by atoms with Gasteiger partial charge < -0.3 is 14.5 Å². The number of amides is 1. The molecule has 2 aromatic rings. The molecule has 4 rings (SSSR count). The summed E-state index contributed by atoms with van der Waals surface area (Å²) in [4.78, 5) is 24.6. The van der Waals surface area contributed by atoms with E-state index >= 15 is 0 Å². The molecule has 2 fully saturated rings. The third-order valence-corrected chi connectivity index (χ3v) is 5.55. The van der Waals surface area contributed by atoms with Crippen molar-refractivity contribution in [1.29, 1.82) is 0 Å². The first-order valence-corrected chi connectivity index (χ1v) is 9.12. The van der Waals surface area contributed by atoms with Crippen LogP contribution < -0.4 is 4.90 Å². The number of aromatic nitrogens is 2. The summed E-state index contributed by atoms with van der Waals surface area (Å²) in [6.45, 7) is 4.26. The first kappa shape index (κ1) is 17.1. The second-order valence-electron chi connectivity index (χ2n) is 7.09. The molecule has 2 aliphatic rings. The Kier molecular flexibility index (Phi) is 4.23. The fraction of sp³-hybridized carbons (Fsp3) is 0.421. The van der Waals surface area contributed by atoms with Gasteiger partial charge in [0.25, 0.3) is 0 Å². The normalized spacial score (nSPS) is 19.1. The first-order chi connectivity index (χ1) is 12.5. The van der Waals surface area contributed by atoms with Crippen molar-refractivity contribution in [3.05, 3.63) is 41.2 Å². The van der Waals surface area contributed by atoms with Crippen LogP contribution in [0.4, 0.5) is 10.6 Å². The molecular formula is C19H21ClN4O2. The summed E-state index contributed by atoms with van der Waals surface area (Å²) >= 11 is 6.39. The van der Waals surface area contributed by atoms with Gasteiger partial charge >= 0.3 is 6.09 Å². The Morgan fingerprint density at radius 1 is 1.27 bits per heavy atom. The summed E-state index contributed by atoms with van der Waals surface area (Å²) in [6, 6.07) is 5.94. The predicted octanol–water partition coefficient (Wildman–Crippen LogP) is 3.53. The Labute approximate surface area is 157 Å². The third-order valence-electron chi connectivity index (χ3n) is 5.24. The number of anilines is 1. The molecule has 2 saturated heterocycles. The third kappa shape index (κ3) is 2.98. The van der Waals surface area contributed by atoms with Gasteiger partial charge in [0.15, 0.2) is 0 Å². The molecule has 0 atom stereocenters. The lowest BCUT2D eigenvalue weighted by Gasteiger charge is -2.38. The molecule has 4 heterocycles. The van der Waals surface area contributed by atoms with Crippen molar-refractivity contribution >= 4 is 23.5 Å². The van der Waals surface area contributed by atoms with E-state index in [1.54, 1.807) is 24.3 Å². The lowest BCUT2D eigenvalue weighted by atomic mass is 9.91. The second-order valence-corrected chi connectivity index (χ2v) is 7.49. The van der Waals surface area contributed by atoms with Crippen LogP contribution in [0.25, 0.3) is 11.3 Å². The Morgan fingerprint density at radius 2 is 2.04 bits per heavy atom. The van der Waals surface area contributed by atoms with E-state index in [9.17, 15) is 4.79 Å². The number of hydrogen-bond donors (Lipinski definition) is 0.